The quantitative estimate of drug-likeness (QED) is 0.345. The summed E-state index contributed by atoms with van der Waals surface area (Å²) in [5.41, 5.74) is 0.524. The highest BCUT2D eigenvalue weighted by Crippen LogP contribution is 2.59. The molecule has 0 saturated carbocycles. The van der Waals surface area contributed by atoms with E-state index in [1.807, 2.05) is 25.1 Å². The van der Waals surface area contributed by atoms with Crippen molar-refractivity contribution in [2.45, 2.75) is 50.2 Å². The van der Waals surface area contributed by atoms with Crippen molar-refractivity contribution in [3.63, 3.8) is 0 Å². The number of amides is 2. The van der Waals surface area contributed by atoms with Crippen molar-refractivity contribution in [2.24, 2.45) is 0 Å². The van der Waals surface area contributed by atoms with Gasteiger partial charge >= 0.3 is 5.97 Å². The summed E-state index contributed by atoms with van der Waals surface area (Å²) in [7, 11) is 2.82. The third kappa shape index (κ3) is 4.79. The number of rotatable bonds is 6. The van der Waals surface area contributed by atoms with Crippen LogP contribution in [-0.2, 0) is 24.5 Å². The summed E-state index contributed by atoms with van der Waals surface area (Å²) in [5, 5.41) is 6.94. The van der Waals surface area contributed by atoms with Gasteiger partial charge in [0.25, 0.3) is 0 Å². The molecule has 0 radical (unpaired) electrons. The Bertz CT molecular complexity index is 1570. The minimum atomic E-state index is -1.37. The van der Waals surface area contributed by atoms with Gasteiger partial charge in [0.05, 0.1) is 20.3 Å². The van der Waals surface area contributed by atoms with Crippen molar-refractivity contribution in [1.29, 1.82) is 0 Å². The van der Waals surface area contributed by atoms with Gasteiger partial charge in [0, 0.05) is 39.2 Å². The van der Waals surface area contributed by atoms with Crippen LogP contribution in [0.5, 0.6) is 11.5 Å². The Morgan fingerprint density at radius 1 is 0.951 bits per heavy atom. The van der Waals surface area contributed by atoms with Crippen molar-refractivity contribution in [3.05, 3.63) is 86.9 Å². The molecule has 2 N–H and O–H groups in total. The molecule has 0 aromatic heterocycles. The van der Waals surface area contributed by atoms with Crippen molar-refractivity contribution in [2.75, 3.05) is 19.5 Å². The van der Waals surface area contributed by atoms with Crippen molar-refractivity contribution in [3.8, 4) is 11.5 Å². The summed E-state index contributed by atoms with van der Waals surface area (Å²) in [6, 6.07) is 14.9. The lowest BCUT2D eigenvalue weighted by molar-refractivity contribution is -0.156. The van der Waals surface area contributed by atoms with Crippen LogP contribution in [0.15, 0.2) is 54.6 Å². The van der Waals surface area contributed by atoms with Gasteiger partial charge in [-0.15, -0.1) is 0 Å². The maximum atomic E-state index is 14.4. The Balaban J connectivity index is 1.82. The zero-order valence-corrected chi connectivity index (χ0v) is 24.8. The number of piperidine rings is 1. The molecule has 2 heterocycles. The Labute approximate surface area is 248 Å². The van der Waals surface area contributed by atoms with Crippen LogP contribution in [0.25, 0.3) is 0 Å². The molecule has 214 valence electrons. The molecule has 1 saturated heterocycles. The number of methoxy groups -OCH3 is 2. The monoisotopic (exact) mass is 596 g/mol. The number of carbonyl (C=O) groups excluding carboxylic acids is 3. The first-order chi connectivity index (χ1) is 19.4. The highest BCUT2D eigenvalue weighted by Gasteiger charge is 2.62. The molecule has 1 spiro atoms. The fraction of sp³-hybridized carbons (Fsp3) is 0.323. The summed E-state index contributed by atoms with van der Waals surface area (Å²) in [6.07, 6.45) is -0.0600. The Morgan fingerprint density at radius 3 is 2.34 bits per heavy atom. The zero-order valence-electron chi connectivity index (χ0n) is 23.3. The maximum absolute atomic E-state index is 14.4. The third-order valence-corrected chi connectivity index (χ3v) is 8.31. The van der Waals surface area contributed by atoms with E-state index in [1.54, 1.807) is 57.4 Å². The predicted molar refractivity (Wildman–Crippen MR) is 156 cm³/mol. The molecule has 41 heavy (non-hydrogen) atoms. The van der Waals surface area contributed by atoms with Crippen LogP contribution in [-0.4, -0.2) is 37.6 Å². The van der Waals surface area contributed by atoms with Gasteiger partial charge in [0.15, 0.2) is 5.60 Å². The zero-order chi connectivity index (χ0) is 29.7. The molecule has 2 aliphatic heterocycles. The van der Waals surface area contributed by atoms with Crippen molar-refractivity contribution < 1.29 is 28.6 Å². The summed E-state index contributed by atoms with van der Waals surface area (Å²) < 4.78 is 16.9. The molecule has 3 aromatic carbocycles. The summed E-state index contributed by atoms with van der Waals surface area (Å²) in [4.78, 5) is 40.5. The predicted octanol–water partition coefficient (Wildman–Crippen LogP) is 5.88. The van der Waals surface area contributed by atoms with Crippen LogP contribution in [0.3, 0.4) is 0 Å². The van der Waals surface area contributed by atoms with E-state index >= 15 is 0 Å². The minimum Gasteiger partial charge on any atom is -0.496 e. The van der Waals surface area contributed by atoms with E-state index in [9.17, 15) is 14.4 Å². The normalized spacial score (nSPS) is 21.6. The van der Waals surface area contributed by atoms with Crippen molar-refractivity contribution in [1.82, 2.24) is 5.32 Å². The minimum absolute atomic E-state index is 0.0600. The molecule has 3 unspecified atom stereocenters. The standard InChI is InChI=1S/C31H30Cl2N2O6/c1-16-6-10-24(39-4)20(12-16)27-31(21-9-7-18(33)14-23(21)34-28(31)37)22(15-26(36)35-27)19-13-17(32)8-11-25(19)41-30(2,3)29(38)40-5/h6-14,22,27H,15H2,1-5H3,(H,34,37)(H,35,36). The van der Waals surface area contributed by atoms with Crippen LogP contribution in [0.4, 0.5) is 5.69 Å². The largest absolute Gasteiger partial charge is 0.496 e. The number of ether oxygens (including phenoxy) is 3. The number of hydrogen-bond acceptors (Lipinski definition) is 6. The van der Waals surface area contributed by atoms with Gasteiger partial charge in [-0.2, -0.15) is 0 Å². The molecule has 2 aliphatic rings. The number of nitrogens with one attached hydrogen (secondary N) is 2. The van der Waals surface area contributed by atoms with Gasteiger partial charge in [-0.1, -0.05) is 47.0 Å². The maximum Gasteiger partial charge on any atom is 0.349 e. The summed E-state index contributed by atoms with van der Waals surface area (Å²) >= 11 is 12.9. The Hall–Kier alpha value is -3.75. The number of anilines is 1. The van der Waals surface area contributed by atoms with E-state index in [0.717, 1.165) is 5.56 Å². The summed E-state index contributed by atoms with van der Waals surface area (Å²) in [5.74, 6) is -1.14. The van der Waals surface area contributed by atoms with Gasteiger partial charge in [-0.3, -0.25) is 9.59 Å². The van der Waals surface area contributed by atoms with Crippen molar-refractivity contribution >= 4 is 46.7 Å². The highest BCUT2D eigenvalue weighted by atomic mass is 35.5. The number of benzene rings is 3. The first kappa shape index (κ1) is 28.8. The van der Waals surface area contributed by atoms with Crippen LogP contribution in [0.1, 0.15) is 54.5 Å². The second kappa shape index (κ2) is 10.6. The molecule has 3 aromatic rings. The molecule has 3 atom stereocenters. The smallest absolute Gasteiger partial charge is 0.349 e. The van der Waals surface area contributed by atoms with Crippen LogP contribution < -0.4 is 20.1 Å². The average Bonchev–Trinajstić information content (AvgIpc) is 3.21. The second-order valence-electron chi connectivity index (χ2n) is 10.8. The van der Waals surface area contributed by atoms with E-state index < -0.39 is 28.9 Å². The molecule has 2 amide bonds. The molecule has 10 heteroatoms. The van der Waals surface area contributed by atoms with E-state index in [4.69, 9.17) is 37.4 Å². The lowest BCUT2D eigenvalue weighted by Crippen LogP contribution is -2.57. The molecular formula is C31H30Cl2N2O6. The van der Waals surface area contributed by atoms with Gasteiger partial charge in [-0.05, 0) is 62.7 Å². The first-order valence-corrected chi connectivity index (χ1v) is 13.8. The lowest BCUT2D eigenvalue weighted by Gasteiger charge is -2.47. The van der Waals surface area contributed by atoms with Gasteiger partial charge in [0.1, 0.15) is 16.9 Å². The average molecular weight is 597 g/mol. The number of carbonyl (C=O) groups is 3. The van der Waals surface area contributed by atoms with Gasteiger partial charge in [-0.25, -0.2) is 4.79 Å². The van der Waals surface area contributed by atoms with E-state index in [1.165, 1.54) is 7.11 Å². The fourth-order valence-electron chi connectivity index (χ4n) is 6.05. The molecular weight excluding hydrogens is 567 g/mol. The number of halogens is 2. The summed E-state index contributed by atoms with van der Waals surface area (Å²) in [6.45, 7) is 5.10. The van der Waals surface area contributed by atoms with Gasteiger partial charge in [0.2, 0.25) is 11.8 Å². The molecule has 1 fully saturated rings. The molecule has 0 bridgehead atoms. The Kier molecular flexibility index (Phi) is 7.42. The molecule has 5 rings (SSSR count). The topological polar surface area (TPSA) is 103 Å². The van der Waals surface area contributed by atoms with Gasteiger partial charge < -0.3 is 24.8 Å². The lowest BCUT2D eigenvalue weighted by atomic mass is 9.59. The van der Waals surface area contributed by atoms with E-state index in [-0.39, 0.29) is 18.2 Å². The van der Waals surface area contributed by atoms with Crippen LogP contribution in [0.2, 0.25) is 10.0 Å². The first-order valence-electron chi connectivity index (χ1n) is 13.0. The van der Waals surface area contributed by atoms with Crippen LogP contribution in [0, 0.1) is 6.92 Å². The van der Waals surface area contributed by atoms with E-state index in [2.05, 4.69) is 10.6 Å². The number of aryl methyl sites for hydroxylation is 1. The number of hydrogen-bond donors (Lipinski definition) is 2. The number of fused-ring (bicyclic) bond motifs is 2. The highest BCUT2D eigenvalue weighted by molar-refractivity contribution is 6.31. The fourth-order valence-corrected chi connectivity index (χ4v) is 6.40. The SMILES string of the molecule is COC(=O)C(C)(C)Oc1ccc(Cl)cc1C1CC(=O)NC(c2cc(C)ccc2OC)C12C(=O)Nc1cc(Cl)ccc12. The second-order valence-corrected chi connectivity index (χ2v) is 11.7. The van der Waals surface area contributed by atoms with E-state index in [0.29, 0.717) is 43.9 Å². The van der Waals surface area contributed by atoms with Crippen LogP contribution >= 0.6 is 23.2 Å². The molecule has 0 aliphatic carbocycles. The molecule has 8 nitrogen and oxygen atoms in total. The number of esters is 1. The Morgan fingerprint density at radius 2 is 1.63 bits per heavy atom. The third-order valence-electron chi connectivity index (χ3n) is 7.84.